The molecule has 28 heavy (non-hydrogen) atoms. The van der Waals surface area contributed by atoms with Gasteiger partial charge in [-0.1, -0.05) is 25.4 Å². The van der Waals surface area contributed by atoms with E-state index in [2.05, 4.69) is 20.4 Å². The van der Waals surface area contributed by atoms with Crippen molar-refractivity contribution in [2.75, 3.05) is 11.9 Å². The Kier molecular flexibility index (Phi) is 5.55. The molecular formula is C18H20ClN5O4. The molecule has 1 aromatic carbocycles. The lowest BCUT2D eigenvalue weighted by Gasteiger charge is -2.08. The molecule has 0 radical (unpaired) electrons. The molecule has 3 N–H and O–H groups in total. The molecule has 0 atom stereocenters. The standard InChI is InChI=1S/C18H20ClN5O4/c1-9(2)7-24-16(19)15(10(3)23-24)17(26)28-8-14(25)20-11-4-5-12-13(6-11)22-18(27)21-12/h4-6,9H,7-8H2,1-3H3,(H,20,25)(H2,21,22,27). The van der Waals surface area contributed by atoms with Crippen LogP contribution in [0.15, 0.2) is 23.0 Å². The van der Waals surface area contributed by atoms with Crippen molar-refractivity contribution in [3.05, 3.63) is 45.1 Å². The average Bonchev–Trinajstić information content (AvgIpc) is 3.10. The lowest BCUT2D eigenvalue weighted by atomic mass is 10.2. The summed E-state index contributed by atoms with van der Waals surface area (Å²) >= 11 is 6.24. The maximum atomic E-state index is 12.3. The Morgan fingerprint density at radius 1 is 1.29 bits per heavy atom. The molecule has 0 aliphatic heterocycles. The maximum Gasteiger partial charge on any atom is 0.343 e. The van der Waals surface area contributed by atoms with E-state index in [0.29, 0.717) is 34.9 Å². The maximum absolute atomic E-state index is 12.3. The third kappa shape index (κ3) is 4.25. The molecule has 0 bridgehead atoms. The lowest BCUT2D eigenvalue weighted by Crippen LogP contribution is -2.21. The highest BCUT2D eigenvalue weighted by molar-refractivity contribution is 6.32. The van der Waals surface area contributed by atoms with Crippen LogP contribution in [0, 0.1) is 12.8 Å². The van der Waals surface area contributed by atoms with E-state index < -0.39 is 18.5 Å². The summed E-state index contributed by atoms with van der Waals surface area (Å²) < 4.78 is 6.63. The number of carbonyl (C=O) groups excluding carboxylic acids is 2. The molecule has 0 aliphatic carbocycles. The zero-order valence-corrected chi connectivity index (χ0v) is 16.4. The second-order valence-corrected chi connectivity index (χ2v) is 7.15. The first-order valence-electron chi connectivity index (χ1n) is 8.66. The number of hydrogen-bond acceptors (Lipinski definition) is 5. The molecule has 9 nitrogen and oxygen atoms in total. The number of benzene rings is 1. The number of nitrogens with one attached hydrogen (secondary N) is 3. The van der Waals surface area contributed by atoms with E-state index in [1.807, 2.05) is 13.8 Å². The van der Waals surface area contributed by atoms with Gasteiger partial charge in [-0.2, -0.15) is 5.10 Å². The van der Waals surface area contributed by atoms with Crippen LogP contribution in [0.25, 0.3) is 11.0 Å². The molecule has 0 aliphatic rings. The van der Waals surface area contributed by atoms with Crippen molar-refractivity contribution in [3.8, 4) is 0 Å². The number of H-pyrrole nitrogens is 2. The van der Waals surface area contributed by atoms with Gasteiger partial charge in [0, 0.05) is 12.2 Å². The minimum absolute atomic E-state index is 0.154. The van der Waals surface area contributed by atoms with Crippen LogP contribution in [0.2, 0.25) is 5.15 Å². The summed E-state index contributed by atoms with van der Waals surface area (Å²) in [7, 11) is 0. The number of rotatable bonds is 6. The Morgan fingerprint density at radius 3 is 2.71 bits per heavy atom. The Bertz CT molecular complexity index is 1100. The third-order valence-electron chi connectivity index (χ3n) is 3.94. The van der Waals surface area contributed by atoms with Crippen LogP contribution in [0.5, 0.6) is 0 Å². The molecule has 10 heteroatoms. The van der Waals surface area contributed by atoms with Crippen molar-refractivity contribution in [2.45, 2.75) is 27.3 Å². The molecule has 3 aromatic rings. The predicted octanol–water partition coefficient (Wildman–Crippen LogP) is 2.47. The molecule has 0 saturated carbocycles. The van der Waals surface area contributed by atoms with Crippen molar-refractivity contribution in [3.63, 3.8) is 0 Å². The first-order chi connectivity index (χ1) is 13.2. The fourth-order valence-electron chi connectivity index (χ4n) is 2.76. The Labute approximate surface area is 165 Å². The minimum atomic E-state index is -0.710. The normalized spacial score (nSPS) is 11.2. The highest BCUT2D eigenvalue weighted by Crippen LogP contribution is 2.22. The molecule has 148 valence electrons. The Hall–Kier alpha value is -3.07. The van der Waals surface area contributed by atoms with Gasteiger partial charge in [0.2, 0.25) is 0 Å². The monoisotopic (exact) mass is 405 g/mol. The SMILES string of the molecule is Cc1nn(CC(C)C)c(Cl)c1C(=O)OCC(=O)Nc1ccc2[nH]c(=O)[nH]c2c1. The number of carbonyl (C=O) groups is 2. The van der Waals surface area contributed by atoms with Crippen LogP contribution in [-0.2, 0) is 16.1 Å². The van der Waals surface area contributed by atoms with Gasteiger partial charge in [0.25, 0.3) is 5.91 Å². The summed E-state index contributed by atoms with van der Waals surface area (Å²) in [6.07, 6.45) is 0. The number of halogens is 1. The van der Waals surface area contributed by atoms with Crippen LogP contribution >= 0.6 is 11.6 Å². The van der Waals surface area contributed by atoms with Crippen molar-refractivity contribution in [1.82, 2.24) is 19.7 Å². The number of aromatic nitrogens is 4. The summed E-state index contributed by atoms with van der Waals surface area (Å²) in [5.74, 6) is -0.925. The highest BCUT2D eigenvalue weighted by atomic mass is 35.5. The zero-order chi connectivity index (χ0) is 20.4. The van der Waals surface area contributed by atoms with E-state index in [0.717, 1.165) is 0 Å². The molecule has 0 spiro atoms. The number of imidazole rings is 1. The summed E-state index contributed by atoms with van der Waals surface area (Å²) in [5, 5.41) is 7.05. The minimum Gasteiger partial charge on any atom is -0.452 e. The van der Waals surface area contributed by atoms with E-state index in [-0.39, 0.29) is 16.4 Å². The van der Waals surface area contributed by atoms with E-state index in [1.165, 1.54) is 0 Å². The third-order valence-corrected chi connectivity index (χ3v) is 4.33. The van der Waals surface area contributed by atoms with Crippen molar-refractivity contribution in [1.29, 1.82) is 0 Å². The topological polar surface area (TPSA) is 122 Å². The van der Waals surface area contributed by atoms with Crippen LogP contribution in [0.1, 0.15) is 29.9 Å². The summed E-state index contributed by atoms with van der Waals surface area (Å²) in [4.78, 5) is 40.9. The predicted molar refractivity (Wildman–Crippen MR) is 105 cm³/mol. The van der Waals surface area contributed by atoms with Gasteiger partial charge in [0.05, 0.1) is 16.7 Å². The molecule has 1 amide bonds. The quantitative estimate of drug-likeness (QED) is 0.544. The smallest absolute Gasteiger partial charge is 0.343 e. The van der Waals surface area contributed by atoms with Gasteiger partial charge in [-0.25, -0.2) is 9.59 Å². The van der Waals surface area contributed by atoms with Gasteiger partial charge in [-0.05, 0) is 31.0 Å². The number of ether oxygens (including phenoxy) is 1. The van der Waals surface area contributed by atoms with Crippen LogP contribution < -0.4 is 11.0 Å². The van der Waals surface area contributed by atoms with Crippen LogP contribution in [0.4, 0.5) is 5.69 Å². The number of aryl methyl sites for hydroxylation is 1. The van der Waals surface area contributed by atoms with E-state index >= 15 is 0 Å². The van der Waals surface area contributed by atoms with Gasteiger partial charge in [-0.3, -0.25) is 9.48 Å². The molecule has 0 unspecified atom stereocenters. The fraction of sp³-hybridized carbons (Fsp3) is 0.333. The second-order valence-electron chi connectivity index (χ2n) is 6.79. The molecule has 2 heterocycles. The number of fused-ring (bicyclic) bond motifs is 1. The van der Waals surface area contributed by atoms with Gasteiger partial charge in [0.1, 0.15) is 10.7 Å². The molecule has 0 saturated heterocycles. The highest BCUT2D eigenvalue weighted by Gasteiger charge is 2.22. The van der Waals surface area contributed by atoms with E-state index in [4.69, 9.17) is 16.3 Å². The summed E-state index contributed by atoms with van der Waals surface area (Å²) in [5.41, 5.74) is 1.90. The molecule has 2 aromatic heterocycles. The number of amides is 1. The fourth-order valence-corrected chi connectivity index (χ4v) is 3.08. The molecular weight excluding hydrogens is 386 g/mol. The summed E-state index contributed by atoms with van der Waals surface area (Å²) in [6.45, 7) is 5.77. The number of esters is 1. The largest absolute Gasteiger partial charge is 0.452 e. The molecule has 0 fully saturated rings. The van der Waals surface area contributed by atoms with Gasteiger partial charge >= 0.3 is 11.7 Å². The number of nitrogens with zero attached hydrogens (tertiary/aromatic N) is 2. The van der Waals surface area contributed by atoms with Gasteiger partial charge in [-0.15, -0.1) is 0 Å². The lowest BCUT2D eigenvalue weighted by molar-refractivity contribution is -0.119. The van der Waals surface area contributed by atoms with E-state index in [1.54, 1.807) is 29.8 Å². The van der Waals surface area contributed by atoms with Crippen LogP contribution in [0.3, 0.4) is 0 Å². The Balaban J connectivity index is 1.63. The second kappa shape index (κ2) is 7.89. The summed E-state index contributed by atoms with van der Waals surface area (Å²) in [6, 6.07) is 4.88. The zero-order valence-electron chi connectivity index (χ0n) is 15.6. The van der Waals surface area contributed by atoms with Crippen molar-refractivity contribution >= 4 is 40.2 Å². The van der Waals surface area contributed by atoms with Gasteiger partial charge < -0.3 is 20.0 Å². The molecule has 3 rings (SSSR count). The average molecular weight is 406 g/mol. The number of hydrogen-bond donors (Lipinski definition) is 3. The van der Waals surface area contributed by atoms with Gasteiger partial charge in [0.15, 0.2) is 6.61 Å². The number of anilines is 1. The van der Waals surface area contributed by atoms with Crippen molar-refractivity contribution < 1.29 is 14.3 Å². The first-order valence-corrected chi connectivity index (χ1v) is 9.04. The van der Waals surface area contributed by atoms with E-state index in [9.17, 15) is 14.4 Å². The first kappa shape index (κ1) is 19.7. The van der Waals surface area contributed by atoms with Crippen LogP contribution in [-0.4, -0.2) is 38.2 Å². The van der Waals surface area contributed by atoms with Crippen molar-refractivity contribution in [2.24, 2.45) is 5.92 Å². The Morgan fingerprint density at radius 2 is 2.00 bits per heavy atom. The number of aromatic amines is 2.